The number of hydrogen-bond donors (Lipinski definition) is 2. The Bertz CT molecular complexity index is 1200. The number of benzene rings is 2. The molecule has 1 aliphatic carbocycles. The third kappa shape index (κ3) is 10.8. The van der Waals surface area contributed by atoms with Gasteiger partial charge in [-0.15, -0.1) is 0 Å². The van der Waals surface area contributed by atoms with Crippen LogP contribution in [0.5, 0.6) is 5.75 Å². The minimum atomic E-state index is -0.407. The summed E-state index contributed by atoms with van der Waals surface area (Å²) in [6.07, 6.45) is 9.45. The monoisotopic (exact) mass is 621 g/mol. The van der Waals surface area contributed by atoms with Gasteiger partial charge < -0.3 is 29.7 Å². The summed E-state index contributed by atoms with van der Waals surface area (Å²) in [7, 11) is 2.19. The van der Waals surface area contributed by atoms with Crippen molar-refractivity contribution in [3.05, 3.63) is 59.7 Å². The lowest BCUT2D eigenvalue weighted by molar-refractivity contribution is -0.115. The third-order valence-electron chi connectivity index (χ3n) is 9.33. The van der Waals surface area contributed by atoms with Gasteiger partial charge in [-0.05, 0) is 82.7 Å². The molecule has 248 valence electrons. The number of rotatable bonds is 9. The van der Waals surface area contributed by atoms with Gasteiger partial charge in [-0.1, -0.05) is 56.5 Å². The zero-order valence-electron chi connectivity index (χ0n) is 27.9. The molecule has 1 aliphatic heterocycles. The van der Waals surface area contributed by atoms with Gasteiger partial charge in [0.05, 0.1) is 36.8 Å². The van der Waals surface area contributed by atoms with E-state index in [4.69, 9.17) is 9.47 Å². The highest BCUT2D eigenvalue weighted by molar-refractivity contribution is 6.00. The maximum atomic E-state index is 14.4. The van der Waals surface area contributed by atoms with Crippen LogP contribution in [0.1, 0.15) is 88.1 Å². The average molecular weight is 622 g/mol. The van der Waals surface area contributed by atoms with Crippen LogP contribution in [0.3, 0.4) is 0 Å². The van der Waals surface area contributed by atoms with Crippen LogP contribution in [0.25, 0.3) is 0 Å². The van der Waals surface area contributed by atoms with Gasteiger partial charge >= 0.3 is 0 Å². The molecule has 8 heteroatoms. The molecular formula is C37H55N3O5. The van der Waals surface area contributed by atoms with Crippen molar-refractivity contribution in [2.75, 3.05) is 45.2 Å². The van der Waals surface area contributed by atoms with Gasteiger partial charge in [0, 0.05) is 37.8 Å². The normalized spacial score (nSPS) is 23.1. The van der Waals surface area contributed by atoms with E-state index < -0.39 is 6.04 Å². The number of nitrogens with one attached hydrogen (secondary N) is 1. The standard InChI is InChI=1S/C37H55N3O5/c1-27-23-40(28(2)26-41)37(43)33-22-32(38-36(42)21-30-14-7-5-8-15-30)18-19-34(33)45-29(3)13-11-12-20-44-35(27)25-39(4)24-31-16-9-6-10-17-31/h5,7-8,14-15,18-19,22,27-29,31,35,41H,6,9-13,16-17,20-21,23-26H2,1-4H3,(H,38,42)/t27-,28-,29+,35-/m1/s1. The Kier molecular flexibility index (Phi) is 13.7. The van der Waals surface area contributed by atoms with E-state index in [0.29, 0.717) is 30.2 Å². The van der Waals surface area contributed by atoms with Crippen molar-refractivity contribution in [1.29, 1.82) is 0 Å². The minimum absolute atomic E-state index is 0.0387. The topological polar surface area (TPSA) is 91.3 Å². The Morgan fingerprint density at radius 1 is 1.02 bits per heavy atom. The Labute approximate surface area is 270 Å². The number of nitrogens with zero attached hydrogens (tertiary/aromatic N) is 2. The second kappa shape index (κ2) is 17.7. The van der Waals surface area contributed by atoms with Gasteiger partial charge in [0.2, 0.25) is 5.91 Å². The number of amides is 2. The molecule has 2 N–H and O–H groups in total. The zero-order valence-corrected chi connectivity index (χ0v) is 27.9. The maximum Gasteiger partial charge on any atom is 0.258 e. The summed E-state index contributed by atoms with van der Waals surface area (Å²) in [5.74, 6) is 0.891. The fourth-order valence-corrected chi connectivity index (χ4v) is 6.64. The van der Waals surface area contributed by atoms with Crippen LogP contribution in [0, 0.1) is 11.8 Å². The molecule has 2 aromatic rings. The summed E-state index contributed by atoms with van der Waals surface area (Å²) in [6, 6.07) is 14.5. The van der Waals surface area contributed by atoms with Crippen molar-refractivity contribution < 1.29 is 24.2 Å². The van der Waals surface area contributed by atoms with Crippen LogP contribution >= 0.6 is 0 Å². The largest absolute Gasteiger partial charge is 0.490 e. The molecule has 0 unspecified atom stereocenters. The van der Waals surface area contributed by atoms with Crippen LogP contribution in [-0.2, 0) is 16.0 Å². The highest BCUT2D eigenvalue weighted by Crippen LogP contribution is 2.29. The summed E-state index contributed by atoms with van der Waals surface area (Å²) in [4.78, 5) is 31.4. The highest BCUT2D eigenvalue weighted by Gasteiger charge is 2.31. The van der Waals surface area contributed by atoms with Crippen molar-refractivity contribution in [3.8, 4) is 5.75 Å². The number of carbonyl (C=O) groups is 2. The number of ether oxygens (including phenoxy) is 2. The van der Waals surface area contributed by atoms with E-state index in [1.165, 1.54) is 32.1 Å². The lowest BCUT2D eigenvalue weighted by Gasteiger charge is -2.36. The smallest absolute Gasteiger partial charge is 0.258 e. The second-order valence-corrected chi connectivity index (χ2v) is 13.4. The summed E-state index contributed by atoms with van der Waals surface area (Å²) in [5.41, 5.74) is 1.84. The van der Waals surface area contributed by atoms with Crippen LogP contribution in [0.15, 0.2) is 48.5 Å². The lowest BCUT2D eigenvalue weighted by Crippen LogP contribution is -2.47. The van der Waals surface area contributed by atoms with E-state index in [-0.39, 0.29) is 43.0 Å². The fraction of sp³-hybridized carbons (Fsp3) is 0.622. The van der Waals surface area contributed by atoms with Crippen molar-refractivity contribution in [2.45, 2.75) is 96.8 Å². The highest BCUT2D eigenvalue weighted by atomic mass is 16.5. The van der Waals surface area contributed by atoms with Gasteiger partial charge in [0.1, 0.15) is 5.75 Å². The SMILES string of the molecule is C[C@@H]1CN([C@H](C)CO)C(=O)c2cc(NC(=O)Cc3ccccc3)ccc2O[C@@H](C)CCCCO[C@@H]1CN(C)CC1CCCCC1. The third-order valence-corrected chi connectivity index (χ3v) is 9.33. The maximum absolute atomic E-state index is 14.4. The zero-order chi connectivity index (χ0) is 32.2. The Morgan fingerprint density at radius 3 is 2.49 bits per heavy atom. The molecule has 2 aromatic carbocycles. The molecular weight excluding hydrogens is 566 g/mol. The van der Waals surface area contributed by atoms with Gasteiger partial charge in [-0.3, -0.25) is 9.59 Å². The Balaban J connectivity index is 1.56. The van der Waals surface area contributed by atoms with Crippen LogP contribution in [0.4, 0.5) is 5.69 Å². The first-order valence-electron chi connectivity index (χ1n) is 17.1. The summed E-state index contributed by atoms with van der Waals surface area (Å²) in [5, 5.41) is 13.2. The summed E-state index contributed by atoms with van der Waals surface area (Å²) in [6.45, 7) is 8.86. The van der Waals surface area contributed by atoms with Gasteiger partial charge in [0.25, 0.3) is 5.91 Å². The van der Waals surface area contributed by atoms with Gasteiger partial charge in [0.15, 0.2) is 0 Å². The molecule has 0 radical (unpaired) electrons. The van der Waals surface area contributed by atoms with Crippen molar-refractivity contribution >= 4 is 17.5 Å². The molecule has 0 spiro atoms. The molecule has 0 bridgehead atoms. The van der Waals surface area contributed by atoms with Gasteiger partial charge in [-0.25, -0.2) is 0 Å². The van der Waals surface area contributed by atoms with E-state index in [2.05, 4.69) is 24.2 Å². The predicted octanol–water partition coefficient (Wildman–Crippen LogP) is 6.18. The number of hydrogen-bond acceptors (Lipinski definition) is 6. The molecule has 2 amide bonds. The molecule has 8 nitrogen and oxygen atoms in total. The van der Waals surface area contributed by atoms with Crippen LogP contribution in [0.2, 0.25) is 0 Å². The Hall–Kier alpha value is -2.94. The quantitative estimate of drug-likeness (QED) is 0.348. The molecule has 45 heavy (non-hydrogen) atoms. The van der Waals surface area contributed by atoms with Gasteiger partial charge in [-0.2, -0.15) is 0 Å². The molecule has 0 saturated heterocycles. The van der Waals surface area contributed by atoms with Crippen molar-refractivity contribution in [1.82, 2.24) is 9.80 Å². The number of anilines is 1. The first kappa shape index (κ1) is 34.9. The van der Waals surface area contributed by atoms with Crippen LogP contribution in [-0.4, -0.2) is 84.9 Å². The van der Waals surface area contributed by atoms with E-state index in [0.717, 1.165) is 43.8 Å². The number of likely N-dealkylation sites (N-methyl/N-ethyl adjacent to an activating group) is 1. The first-order valence-corrected chi connectivity index (χ1v) is 17.1. The first-order chi connectivity index (χ1) is 21.7. The molecule has 4 rings (SSSR count). The van der Waals surface area contributed by atoms with E-state index in [9.17, 15) is 14.7 Å². The number of fused-ring (bicyclic) bond motifs is 1. The molecule has 4 atom stereocenters. The van der Waals surface area contributed by atoms with Crippen molar-refractivity contribution in [3.63, 3.8) is 0 Å². The van der Waals surface area contributed by atoms with E-state index >= 15 is 0 Å². The number of carbonyl (C=O) groups excluding carboxylic acids is 2. The molecule has 1 fully saturated rings. The van der Waals surface area contributed by atoms with E-state index in [1.807, 2.05) is 44.2 Å². The predicted molar refractivity (Wildman–Crippen MR) is 180 cm³/mol. The number of aliphatic hydroxyl groups is 1. The fourth-order valence-electron chi connectivity index (χ4n) is 6.64. The van der Waals surface area contributed by atoms with Crippen LogP contribution < -0.4 is 10.1 Å². The lowest BCUT2D eigenvalue weighted by atomic mass is 9.89. The molecule has 0 aromatic heterocycles. The minimum Gasteiger partial charge on any atom is -0.490 e. The summed E-state index contributed by atoms with van der Waals surface area (Å²) < 4.78 is 12.9. The average Bonchev–Trinajstić information content (AvgIpc) is 3.03. The van der Waals surface area contributed by atoms with E-state index in [1.54, 1.807) is 23.1 Å². The second-order valence-electron chi connectivity index (χ2n) is 13.4. The van der Waals surface area contributed by atoms with Crippen molar-refractivity contribution in [2.24, 2.45) is 11.8 Å². The summed E-state index contributed by atoms with van der Waals surface area (Å²) >= 11 is 0. The molecule has 1 saturated carbocycles. The number of aliphatic hydroxyl groups excluding tert-OH is 1. The Morgan fingerprint density at radius 2 is 1.76 bits per heavy atom. The molecule has 2 aliphatic rings. The molecule has 1 heterocycles.